The van der Waals surface area contributed by atoms with Crippen LogP contribution in [0.2, 0.25) is 0 Å². The van der Waals surface area contributed by atoms with Crippen LogP contribution >= 0.6 is 0 Å². The molecule has 2 heterocycles. The van der Waals surface area contributed by atoms with Crippen LogP contribution in [0.1, 0.15) is 12.8 Å². The number of hydrogen-bond acceptors (Lipinski definition) is 7. The Morgan fingerprint density at radius 1 is 1.41 bits per heavy atom. The molecule has 1 aromatic rings. The zero-order valence-electron chi connectivity index (χ0n) is 12.5. The summed E-state index contributed by atoms with van der Waals surface area (Å²) in [7, 11) is 0. The minimum absolute atomic E-state index is 0.0309. The third kappa shape index (κ3) is 4.05. The van der Waals surface area contributed by atoms with Gasteiger partial charge in [-0.3, -0.25) is 9.69 Å². The zero-order valence-corrected chi connectivity index (χ0v) is 12.5. The van der Waals surface area contributed by atoms with Crippen LogP contribution in [0.25, 0.3) is 0 Å². The Morgan fingerprint density at radius 3 is 2.95 bits per heavy atom. The van der Waals surface area contributed by atoms with Gasteiger partial charge in [0, 0.05) is 38.4 Å². The molecule has 1 saturated carbocycles. The Morgan fingerprint density at radius 2 is 2.23 bits per heavy atom. The molecule has 4 N–H and O–H groups in total. The van der Waals surface area contributed by atoms with Crippen LogP contribution in [-0.2, 0) is 4.79 Å². The molecule has 8 heteroatoms. The first-order chi connectivity index (χ1) is 10.6. The number of nitrogens with two attached hydrogens (primary N) is 1. The predicted molar refractivity (Wildman–Crippen MR) is 82.3 cm³/mol. The molecule has 8 nitrogen and oxygen atoms in total. The highest BCUT2D eigenvalue weighted by molar-refractivity contribution is 5.78. The lowest BCUT2D eigenvalue weighted by molar-refractivity contribution is -0.122. The van der Waals surface area contributed by atoms with E-state index in [0.717, 1.165) is 12.8 Å². The summed E-state index contributed by atoms with van der Waals surface area (Å²) in [6.07, 6.45) is 3.21. The number of aliphatic hydroxyl groups excluding tert-OH is 1. The molecule has 3 rings (SSSR count). The number of amides is 1. The van der Waals surface area contributed by atoms with Crippen LogP contribution in [0.5, 0.6) is 0 Å². The maximum atomic E-state index is 11.9. The van der Waals surface area contributed by atoms with Gasteiger partial charge in [-0.15, -0.1) is 0 Å². The van der Waals surface area contributed by atoms with Crippen LogP contribution < -0.4 is 16.0 Å². The van der Waals surface area contributed by atoms with Gasteiger partial charge in [-0.2, -0.15) is 4.98 Å². The maximum absolute atomic E-state index is 11.9. The average Bonchev–Trinajstić information content (AvgIpc) is 3.27. The van der Waals surface area contributed by atoms with Gasteiger partial charge < -0.3 is 21.1 Å². The van der Waals surface area contributed by atoms with Crippen molar-refractivity contribution in [2.45, 2.75) is 25.0 Å². The van der Waals surface area contributed by atoms with Crippen LogP contribution in [0.3, 0.4) is 0 Å². The lowest BCUT2D eigenvalue weighted by atomic mass is 10.3. The molecule has 0 aromatic carbocycles. The number of rotatable bonds is 4. The number of anilines is 2. The molecule has 120 valence electrons. The SMILES string of the molecule is Nc1ccnc(N2CCN(CC(=O)NC3CC3)C[C@H](O)C2)n1. The van der Waals surface area contributed by atoms with E-state index in [1.165, 1.54) is 0 Å². The lowest BCUT2D eigenvalue weighted by Gasteiger charge is -2.21. The Hall–Kier alpha value is -1.93. The molecule has 0 radical (unpaired) electrons. The molecule has 1 aliphatic carbocycles. The lowest BCUT2D eigenvalue weighted by Crippen LogP contribution is -2.41. The fourth-order valence-electron chi connectivity index (χ4n) is 2.60. The van der Waals surface area contributed by atoms with Crippen LogP contribution in [-0.4, -0.2) is 70.8 Å². The van der Waals surface area contributed by atoms with E-state index in [1.807, 2.05) is 9.80 Å². The summed E-state index contributed by atoms with van der Waals surface area (Å²) < 4.78 is 0. The summed E-state index contributed by atoms with van der Waals surface area (Å²) in [5.41, 5.74) is 5.68. The van der Waals surface area contributed by atoms with E-state index < -0.39 is 6.10 Å². The second-order valence-corrected chi connectivity index (χ2v) is 5.96. The van der Waals surface area contributed by atoms with E-state index >= 15 is 0 Å². The molecule has 2 aliphatic rings. The Bertz CT molecular complexity index is 536. The number of nitrogen functional groups attached to an aromatic ring is 1. The number of hydrogen-bond donors (Lipinski definition) is 3. The summed E-state index contributed by atoms with van der Waals surface area (Å²) in [4.78, 5) is 24.1. The first-order valence-electron chi connectivity index (χ1n) is 7.63. The summed E-state index contributed by atoms with van der Waals surface area (Å²) in [5.74, 6) is 0.955. The number of aromatic nitrogens is 2. The third-order valence-corrected chi connectivity index (χ3v) is 3.84. The number of nitrogens with one attached hydrogen (secondary N) is 1. The molecule has 1 aromatic heterocycles. The van der Waals surface area contributed by atoms with Gasteiger partial charge in [0.1, 0.15) is 5.82 Å². The van der Waals surface area contributed by atoms with Crippen molar-refractivity contribution < 1.29 is 9.90 Å². The summed E-state index contributed by atoms with van der Waals surface area (Å²) in [5, 5.41) is 13.1. The van der Waals surface area contributed by atoms with Crippen molar-refractivity contribution in [2.75, 3.05) is 43.4 Å². The molecule has 1 amide bonds. The largest absolute Gasteiger partial charge is 0.390 e. The first kappa shape index (κ1) is 15.0. The van der Waals surface area contributed by atoms with Gasteiger partial charge in [0.2, 0.25) is 11.9 Å². The van der Waals surface area contributed by atoms with E-state index in [1.54, 1.807) is 12.3 Å². The molecule has 1 atom stereocenters. The third-order valence-electron chi connectivity index (χ3n) is 3.84. The van der Waals surface area contributed by atoms with Crippen molar-refractivity contribution in [3.8, 4) is 0 Å². The Balaban J connectivity index is 1.58. The van der Waals surface area contributed by atoms with Crippen molar-refractivity contribution in [3.05, 3.63) is 12.3 Å². The standard InChI is InChI=1S/C14H22N6O2/c15-12-3-4-16-14(18-12)20-6-5-19(7-11(21)8-20)9-13(22)17-10-1-2-10/h3-4,10-11,21H,1-2,5-9H2,(H,17,22)(H2,15,16,18)/t11-/m0/s1. The van der Waals surface area contributed by atoms with Crippen molar-refractivity contribution >= 4 is 17.7 Å². The Kier molecular flexibility index (Phi) is 4.39. The summed E-state index contributed by atoms with van der Waals surface area (Å²) in [6.45, 7) is 2.55. The highest BCUT2D eigenvalue weighted by Gasteiger charge is 2.27. The van der Waals surface area contributed by atoms with Crippen LogP contribution in [0.4, 0.5) is 11.8 Å². The van der Waals surface area contributed by atoms with E-state index in [2.05, 4.69) is 15.3 Å². The fourth-order valence-corrected chi connectivity index (χ4v) is 2.60. The molecule has 2 fully saturated rings. The molecule has 1 aliphatic heterocycles. The minimum Gasteiger partial charge on any atom is -0.390 e. The fraction of sp³-hybridized carbons (Fsp3) is 0.643. The molecule has 0 unspecified atom stereocenters. The average molecular weight is 306 g/mol. The van der Waals surface area contributed by atoms with Gasteiger partial charge in [0.15, 0.2) is 0 Å². The van der Waals surface area contributed by atoms with E-state index in [4.69, 9.17) is 5.73 Å². The topological polar surface area (TPSA) is 108 Å². The number of aliphatic hydroxyl groups is 1. The van der Waals surface area contributed by atoms with Gasteiger partial charge in [0.05, 0.1) is 12.6 Å². The van der Waals surface area contributed by atoms with Gasteiger partial charge in [-0.1, -0.05) is 0 Å². The first-order valence-corrected chi connectivity index (χ1v) is 7.63. The molecule has 0 bridgehead atoms. The molecule has 1 saturated heterocycles. The highest BCUT2D eigenvalue weighted by atomic mass is 16.3. The smallest absolute Gasteiger partial charge is 0.234 e. The van der Waals surface area contributed by atoms with Crippen molar-refractivity contribution in [2.24, 2.45) is 0 Å². The van der Waals surface area contributed by atoms with Gasteiger partial charge in [-0.25, -0.2) is 4.98 Å². The van der Waals surface area contributed by atoms with Crippen LogP contribution in [0.15, 0.2) is 12.3 Å². The monoisotopic (exact) mass is 306 g/mol. The van der Waals surface area contributed by atoms with Crippen LogP contribution in [0, 0.1) is 0 Å². The second-order valence-electron chi connectivity index (χ2n) is 5.96. The van der Waals surface area contributed by atoms with Gasteiger partial charge in [-0.05, 0) is 18.9 Å². The van der Waals surface area contributed by atoms with Crippen molar-refractivity contribution in [1.29, 1.82) is 0 Å². The molecule has 0 spiro atoms. The number of nitrogens with zero attached hydrogens (tertiary/aromatic N) is 4. The van der Waals surface area contributed by atoms with Crippen molar-refractivity contribution in [1.82, 2.24) is 20.2 Å². The van der Waals surface area contributed by atoms with E-state index in [9.17, 15) is 9.90 Å². The minimum atomic E-state index is -0.554. The quantitative estimate of drug-likeness (QED) is 0.642. The zero-order chi connectivity index (χ0) is 15.5. The summed E-state index contributed by atoms with van der Waals surface area (Å²) >= 11 is 0. The number of carbonyl (C=O) groups excluding carboxylic acids is 1. The normalized spacial score (nSPS) is 23.1. The second kappa shape index (κ2) is 6.45. The maximum Gasteiger partial charge on any atom is 0.234 e. The predicted octanol–water partition coefficient (Wildman–Crippen LogP) is -1.18. The number of carbonyl (C=O) groups is 1. The molecular weight excluding hydrogens is 284 g/mol. The van der Waals surface area contributed by atoms with Gasteiger partial charge >= 0.3 is 0 Å². The van der Waals surface area contributed by atoms with Crippen molar-refractivity contribution in [3.63, 3.8) is 0 Å². The molecular formula is C14H22N6O2. The highest BCUT2D eigenvalue weighted by Crippen LogP contribution is 2.18. The van der Waals surface area contributed by atoms with E-state index in [-0.39, 0.29) is 5.91 Å². The van der Waals surface area contributed by atoms with E-state index in [0.29, 0.717) is 50.5 Å². The summed E-state index contributed by atoms with van der Waals surface area (Å²) in [6, 6.07) is 1.99. The Labute approximate surface area is 129 Å². The number of β-amino-alcohol motifs (C(OH)–C–C–N with tert-alkyl or cyclic N) is 1. The molecule has 22 heavy (non-hydrogen) atoms. The van der Waals surface area contributed by atoms with Gasteiger partial charge in [0.25, 0.3) is 0 Å².